The summed E-state index contributed by atoms with van der Waals surface area (Å²) in [5.41, 5.74) is 9.10. The SMILES string of the molecule is CN(C)C=CC(N)=Nc1nccc(-c2ccc(N3CCCC3)c(C#N)c2)n1. The topological polar surface area (TPSA) is 94.4 Å². The fourth-order valence-corrected chi connectivity index (χ4v) is 2.96. The molecular formula is C20H23N7. The Morgan fingerprint density at radius 3 is 2.78 bits per heavy atom. The largest absolute Gasteiger partial charge is 0.384 e. The summed E-state index contributed by atoms with van der Waals surface area (Å²) < 4.78 is 0. The van der Waals surface area contributed by atoms with Crippen molar-refractivity contribution in [2.24, 2.45) is 10.7 Å². The summed E-state index contributed by atoms with van der Waals surface area (Å²) in [7, 11) is 3.80. The van der Waals surface area contributed by atoms with E-state index in [0.29, 0.717) is 17.1 Å². The van der Waals surface area contributed by atoms with Crippen LogP contribution in [0, 0.1) is 11.3 Å². The van der Waals surface area contributed by atoms with Crippen LogP contribution < -0.4 is 10.6 Å². The number of rotatable bonds is 5. The second-order valence-electron chi connectivity index (χ2n) is 6.60. The molecule has 2 N–H and O–H groups in total. The first kappa shape index (κ1) is 18.4. The number of hydrogen-bond donors (Lipinski definition) is 1. The minimum absolute atomic E-state index is 0.288. The molecular weight excluding hydrogens is 338 g/mol. The van der Waals surface area contributed by atoms with Crippen LogP contribution >= 0.6 is 0 Å². The number of amidine groups is 1. The van der Waals surface area contributed by atoms with Gasteiger partial charge in [0.15, 0.2) is 0 Å². The molecule has 7 nitrogen and oxygen atoms in total. The molecule has 0 atom stereocenters. The lowest BCUT2D eigenvalue weighted by Gasteiger charge is -2.19. The molecule has 1 saturated heterocycles. The first-order valence-electron chi connectivity index (χ1n) is 8.88. The van der Waals surface area contributed by atoms with Crippen LogP contribution in [-0.2, 0) is 0 Å². The smallest absolute Gasteiger partial charge is 0.251 e. The van der Waals surface area contributed by atoms with E-state index in [1.54, 1.807) is 24.5 Å². The Morgan fingerprint density at radius 2 is 2.07 bits per heavy atom. The predicted molar refractivity (Wildman–Crippen MR) is 108 cm³/mol. The number of benzene rings is 1. The normalized spacial score (nSPS) is 14.6. The van der Waals surface area contributed by atoms with E-state index in [4.69, 9.17) is 5.73 Å². The zero-order valence-corrected chi connectivity index (χ0v) is 15.6. The summed E-state index contributed by atoms with van der Waals surface area (Å²) in [6, 6.07) is 9.97. The highest BCUT2D eigenvalue weighted by Gasteiger charge is 2.16. The van der Waals surface area contributed by atoms with Crippen molar-refractivity contribution in [2.75, 3.05) is 32.1 Å². The van der Waals surface area contributed by atoms with E-state index in [1.807, 2.05) is 37.2 Å². The van der Waals surface area contributed by atoms with Gasteiger partial charge < -0.3 is 15.5 Å². The first-order chi connectivity index (χ1) is 13.1. The average Bonchev–Trinajstić information content (AvgIpc) is 3.20. The van der Waals surface area contributed by atoms with Crippen LogP contribution in [-0.4, -0.2) is 47.9 Å². The van der Waals surface area contributed by atoms with Crippen molar-refractivity contribution in [1.82, 2.24) is 14.9 Å². The van der Waals surface area contributed by atoms with Crippen LogP contribution in [0.25, 0.3) is 11.3 Å². The molecule has 1 aromatic carbocycles. The second kappa shape index (κ2) is 8.32. The summed E-state index contributed by atoms with van der Waals surface area (Å²) in [6.45, 7) is 2.00. The van der Waals surface area contributed by atoms with Crippen LogP contribution in [0.4, 0.5) is 11.6 Å². The number of nitrogens with zero attached hydrogens (tertiary/aromatic N) is 6. The molecule has 7 heteroatoms. The van der Waals surface area contributed by atoms with Gasteiger partial charge in [-0.25, -0.2) is 9.97 Å². The number of nitrogens with two attached hydrogens (primary N) is 1. The van der Waals surface area contributed by atoms with E-state index in [0.717, 1.165) is 24.3 Å². The fourth-order valence-electron chi connectivity index (χ4n) is 2.96. The van der Waals surface area contributed by atoms with Gasteiger partial charge in [0.1, 0.15) is 11.9 Å². The Bertz CT molecular complexity index is 903. The van der Waals surface area contributed by atoms with Crippen molar-refractivity contribution in [3.05, 3.63) is 48.3 Å². The van der Waals surface area contributed by atoms with E-state index in [9.17, 15) is 5.26 Å². The maximum absolute atomic E-state index is 9.57. The number of aliphatic imine (C=N–C) groups is 1. The summed E-state index contributed by atoms with van der Waals surface area (Å²) in [6.07, 6.45) is 7.48. The molecule has 0 radical (unpaired) electrons. The highest BCUT2D eigenvalue weighted by Crippen LogP contribution is 2.29. The van der Waals surface area contributed by atoms with E-state index in [1.165, 1.54) is 12.8 Å². The van der Waals surface area contributed by atoms with Gasteiger partial charge in [0.2, 0.25) is 0 Å². The quantitative estimate of drug-likeness (QED) is 0.650. The number of anilines is 1. The lowest BCUT2D eigenvalue weighted by molar-refractivity contribution is 0.564. The molecule has 0 spiro atoms. The molecule has 1 aromatic heterocycles. The van der Waals surface area contributed by atoms with Gasteiger partial charge in [-0.1, -0.05) is 6.07 Å². The molecule has 0 amide bonds. The molecule has 0 unspecified atom stereocenters. The molecule has 138 valence electrons. The molecule has 3 rings (SSSR count). The zero-order valence-electron chi connectivity index (χ0n) is 15.6. The van der Waals surface area contributed by atoms with Gasteiger partial charge in [0, 0.05) is 45.1 Å². The average molecular weight is 361 g/mol. The summed E-state index contributed by atoms with van der Waals surface area (Å²) in [5.74, 6) is 0.610. The molecule has 27 heavy (non-hydrogen) atoms. The third-order valence-corrected chi connectivity index (χ3v) is 4.27. The molecule has 2 heterocycles. The molecule has 0 bridgehead atoms. The van der Waals surface area contributed by atoms with Crippen LogP contribution in [0.3, 0.4) is 0 Å². The molecule has 0 saturated carbocycles. The van der Waals surface area contributed by atoms with Gasteiger partial charge in [-0.05, 0) is 37.1 Å². The van der Waals surface area contributed by atoms with Crippen LogP contribution in [0.5, 0.6) is 0 Å². The van der Waals surface area contributed by atoms with Crippen molar-refractivity contribution < 1.29 is 0 Å². The van der Waals surface area contributed by atoms with Gasteiger partial charge in [0.25, 0.3) is 5.95 Å². The maximum atomic E-state index is 9.57. The summed E-state index contributed by atoms with van der Waals surface area (Å²) in [5, 5.41) is 9.57. The Morgan fingerprint density at radius 1 is 1.30 bits per heavy atom. The number of aromatic nitrogens is 2. The van der Waals surface area contributed by atoms with Crippen molar-refractivity contribution in [3.8, 4) is 17.3 Å². The number of nitriles is 1. The van der Waals surface area contributed by atoms with Crippen LogP contribution in [0.15, 0.2) is 47.7 Å². The third-order valence-electron chi connectivity index (χ3n) is 4.27. The third kappa shape index (κ3) is 4.61. The van der Waals surface area contributed by atoms with Gasteiger partial charge in [-0.15, -0.1) is 0 Å². The van der Waals surface area contributed by atoms with Crippen LogP contribution in [0.1, 0.15) is 18.4 Å². The highest BCUT2D eigenvalue weighted by atomic mass is 15.1. The molecule has 2 aromatic rings. The van der Waals surface area contributed by atoms with Crippen molar-refractivity contribution in [3.63, 3.8) is 0 Å². The highest BCUT2D eigenvalue weighted by molar-refractivity contribution is 5.92. The van der Waals surface area contributed by atoms with Crippen molar-refractivity contribution in [2.45, 2.75) is 12.8 Å². The lowest BCUT2D eigenvalue weighted by atomic mass is 10.1. The Balaban J connectivity index is 1.88. The van der Waals surface area contributed by atoms with Gasteiger partial charge >= 0.3 is 0 Å². The second-order valence-corrected chi connectivity index (χ2v) is 6.60. The minimum atomic E-state index is 0.288. The zero-order chi connectivity index (χ0) is 19.2. The Hall–Kier alpha value is -3.40. The molecule has 1 fully saturated rings. The standard InChI is InChI=1S/C20H23N7/c1-26(2)12-8-19(22)25-20-23-9-7-17(24-20)15-5-6-18(16(13-15)14-21)27-10-3-4-11-27/h5-9,12-13H,3-4,10-11H2,1-2H3,(H2,22,23,24,25). The Labute approximate surface area is 159 Å². The summed E-state index contributed by atoms with van der Waals surface area (Å²) >= 11 is 0. The van der Waals surface area contributed by atoms with Gasteiger partial charge in [-0.3, -0.25) is 0 Å². The molecule has 1 aliphatic rings. The van der Waals surface area contributed by atoms with Crippen LogP contribution in [0.2, 0.25) is 0 Å². The predicted octanol–water partition coefficient (Wildman–Crippen LogP) is 2.68. The summed E-state index contributed by atoms with van der Waals surface area (Å²) in [4.78, 5) is 17.0. The minimum Gasteiger partial charge on any atom is -0.384 e. The van der Waals surface area contributed by atoms with E-state index >= 15 is 0 Å². The molecule has 0 aliphatic carbocycles. The van der Waals surface area contributed by atoms with Crippen molar-refractivity contribution in [1.29, 1.82) is 5.26 Å². The van der Waals surface area contributed by atoms with E-state index < -0.39 is 0 Å². The Kier molecular flexibility index (Phi) is 5.67. The molecule has 1 aliphatic heterocycles. The van der Waals surface area contributed by atoms with Crippen molar-refractivity contribution >= 4 is 17.5 Å². The maximum Gasteiger partial charge on any atom is 0.251 e. The first-order valence-corrected chi connectivity index (χ1v) is 8.88. The van der Waals surface area contributed by atoms with Gasteiger partial charge in [0.05, 0.1) is 16.9 Å². The van der Waals surface area contributed by atoms with E-state index in [2.05, 4.69) is 25.9 Å². The fraction of sp³-hybridized carbons (Fsp3) is 0.300. The monoisotopic (exact) mass is 361 g/mol. The number of hydrogen-bond acceptors (Lipinski definition) is 6. The van der Waals surface area contributed by atoms with Gasteiger partial charge in [-0.2, -0.15) is 10.3 Å². The lowest BCUT2D eigenvalue weighted by Crippen LogP contribution is -2.18. The van der Waals surface area contributed by atoms with E-state index in [-0.39, 0.29) is 5.95 Å².